The van der Waals surface area contributed by atoms with Crippen molar-refractivity contribution in [2.45, 2.75) is 19.9 Å². The molecule has 0 fully saturated rings. The van der Waals surface area contributed by atoms with E-state index in [0.29, 0.717) is 11.3 Å². The number of nitrogens with one attached hydrogen (secondary N) is 3. The van der Waals surface area contributed by atoms with E-state index in [0.717, 1.165) is 16.3 Å². The first-order valence-corrected chi connectivity index (χ1v) is 10.0. The third kappa shape index (κ3) is 5.75. The molecule has 3 aromatic rings. The Kier molecular flexibility index (Phi) is 6.93. The maximum Gasteiger partial charge on any atom is 0.251 e. The van der Waals surface area contributed by atoms with Crippen LogP contribution >= 0.6 is 12.2 Å². The molecule has 0 spiro atoms. The van der Waals surface area contributed by atoms with Crippen LogP contribution in [0.15, 0.2) is 72.8 Å². The summed E-state index contributed by atoms with van der Waals surface area (Å²) in [4.78, 5) is 24.2. The Balaban J connectivity index is 1.57. The van der Waals surface area contributed by atoms with Crippen LogP contribution in [0, 0.1) is 0 Å². The van der Waals surface area contributed by atoms with E-state index in [1.165, 1.54) is 6.08 Å². The number of thiocarbonyl (C=S) groups is 1. The Morgan fingerprint density at radius 1 is 0.933 bits per heavy atom. The molecule has 0 heterocycles. The number of rotatable bonds is 5. The Morgan fingerprint density at radius 2 is 1.63 bits per heavy atom. The van der Waals surface area contributed by atoms with Gasteiger partial charge in [0.1, 0.15) is 0 Å². The van der Waals surface area contributed by atoms with E-state index in [2.05, 4.69) is 16.0 Å². The van der Waals surface area contributed by atoms with E-state index in [9.17, 15) is 9.59 Å². The molecule has 0 aliphatic carbocycles. The van der Waals surface area contributed by atoms with Crippen molar-refractivity contribution in [1.82, 2.24) is 10.6 Å². The van der Waals surface area contributed by atoms with Gasteiger partial charge < -0.3 is 10.6 Å². The minimum absolute atomic E-state index is 0.0695. The van der Waals surface area contributed by atoms with Crippen LogP contribution in [0.1, 0.15) is 29.8 Å². The maximum atomic E-state index is 12.2. The normalized spacial score (nSPS) is 10.9. The fourth-order valence-corrected chi connectivity index (χ4v) is 3.15. The molecule has 0 aliphatic heterocycles. The van der Waals surface area contributed by atoms with Gasteiger partial charge in [0.05, 0.1) is 0 Å². The first kappa shape index (κ1) is 21.2. The molecular weight excluding hydrogens is 394 g/mol. The van der Waals surface area contributed by atoms with Crippen LogP contribution in [-0.4, -0.2) is 23.0 Å². The van der Waals surface area contributed by atoms with Crippen LogP contribution in [0.5, 0.6) is 0 Å². The standard InChI is InChI=1S/C24H23N3O2S/c1-16(2)25-23(29)19-10-13-20(14-11-19)26-24(30)27-22(28)15-12-18-8-5-7-17-6-3-4-9-21(17)18/h3-16H,1-2H3,(H,25,29)(H2,26,27,28,30)/b15-12+. The van der Waals surface area contributed by atoms with Crippen molar-refractivity contribution < 1.29 is 9.59 Å². The zero-order valence-electron chi connectivity index (χ0n) is 16.8. The summed E-state index contributed by atoms with van der Waals surface area (Å²) in [6.45, 7) is 3.81. The molecule has 30 heavy (non-hydrogen) atoms. The number of amides is 2. The van der Waals surface area contributed by atoms with Crippen molar-refractivity contribution in [3.63, 3.8) is 0 Å². The lowest BCUT2D eigenvalue weighted by Gasteiger charge is -2.10. The van der Waals surface area contributed by atoms with E-state index >= 15 is 0 Å². The molecule has 3 N–H and O–H groups in total. The van der Waals surface area contributed by atoms with Crippen LogP contribution in [0.4, 0.5) is 5.69 Å². The van der Waals surface area contributed by atoms with Crippen molar-refractivity contribution in [1.29, 1.82) is 0 Å². The molecule has 0 saturated carbocycles. The summed E-state index contributed by atoms with van der Waals surface area (Å²) in [6, 6.07) is 20.9. The third-order valence-corrected chi connectivity index (χ3v) is 4.50. The van der Waals surface area contributed by atoms with Gasteiger partial charge in [0.2, 0.25) is 5.91 Å². The monoisotopic (exact) mass is 417 g/mol. The number of fused-ring (bicyclic) bond motifs is 1. The van der Waals surface area contributed by atoms with E-state index in [4.69, 9.17) is 12.2 Å². The molecule has 0 aliphatic rings. The lowest BCUT2D eigenvalue weighted by atomic mass is 10.0. The molecule has 0 unspecified atom stereocenters. The number of hydrogen-bond donors (Lipinski definition) is 3. The molecule has 0 radical (unpaired) electrons. The average Bonchev–Trinajstić information content (AvgIpc) is 2.72. The molecule has 5 nitrogen and oxygen atoms in total. The molecule has 152 valence electrons. The average molecular weight is 418 g/mol. The highest BCUT2D eigenvalue weighted by Gasteiger charge is 2.07. The van der Waals surface area contributed by atoms with Gasteiger partial charge in [-0.2, -0.15) is 0 Å². The van der Waals surface area contributed by atoms with Crippen LogP contribution in [-0.2, 0) is 4.79 Å². The number of anilines is 1. The second-order valence-corrected chi connectivity index (χ2v) is 7.46. The quantitative estimate of drug-likeness (QED) is 0.422. The van der Waals surface area contributed by atoms with Crippen molar-refractivity contribution in [3.05, 3.63) is 83.9 Å². The van der Waals surface area contributed by atoms with Gasteiger partial charge in [0, 0.05) is 23.4 Å². The predicted octanol–water partition coefficient (Wildman–Crippen LogP) is 4.50. The zero-order chi connectivity index (χ0) is 21.5. The smallest absolute Gasteiger partial charge is 0.251 e. The van der Waals surface area contributed by atoms with Crippen molar-refractivity contribution in [3.8, 4) is 0 Å². The van der Waals surface area contributed by atoms with Crippen molar-refractivity contribution >= 4 is 51.7 Å². The fraction of sp³-hybridized carbons (Fsp3) is 0.125. The second kappa shape index (κ2) is 9.80. The molecule has 6 heteroatoms. The molecule has 2 amide bonds. The van der Waals surface area contributed by atoms with E-state index in [1.54, 1.807) is 30.3 Å². The highest BCUT2D eigenvalue weighted by Crippen LogP contribution is 2.19. The molecule has 0 aromatic heterocycles. The topological polar surface area (TPSA) is 70.2 Å². The van der Waals surface area contributed by atoms with Crippen LogP contribution in [0.3, 0.4) is 0 Å². The van der Waals surface area contributed by atoms with Gasteiger partial charge in [-0.15, -0.1) is 0 Å². The Bertz CT molecular complexity index is 1100. The maximum absolute atomic E-state index is 12.2. The van der Waals surface area contributed by atoms with Gasteiger partial charge in [-0.1, -0.05) is 42.5 Å². The van der Waals surface area contributed by atoms with Gasteiger partial charge in [0.25, 0.3) is 5.91 Å². The van der Waals surface area contributed by atoms with E-state index in [-0.39, 0.29) is 23.0 Å². The molecule has 0 atom stereocenters. The first-order chi connectivity index (χ1) is 14.4. The summed E-state index contributed by atoms with van der Waals surface area (Å²) >= 11 is 5.21. The van der Waals surface area contributed by atoms with Gasteiger partial charge in [-0.3, -0.25) is 14.9 Å². The minimum atomic E-state index is -0.326. The summed E-state index contributed by atoms with van der Waals surface area (Å²) in [5.74, 6) is -0.459. The largest absolute Gasteiger partial charge is 0.350 e. The number of carbonyl (C=O) groups is 2. The lowest BCUT2D eigenvalue weighted by Crippen LogP contribution is -2.33. The lowest BCUT2D eigenvalue weighted by molar-refractivity contribution is -0.115. The summed E-state index contributed by atoms with van der Waals surface area (Å²) in [6.07, 6.45) is 3.22. The molecule has 3 aromatic carbocycles. The minimum Gasteiger partial charge on any atom is -0.350 e. The molecule has 0 saturated heterocycles. The third-order valence-electron chi connectivity index (χ3n) is 4.30. The zero-order valence-corrected chi connectivity index (χ0v) is 17.6. The Morgan fingerprint density at radius 3 is 2.37 bits per heavy atom. The number of carbonyl (C=O) groups excluding carboxylic acids is 2. The highest BCUT2D eigenvalue weighted by molar-refractivity contribution is 7.80. The number of hydrogen-bond acceptors (Lipinski definition) is 3. The van der Waals surface area contributed by atoms with E-state index < -0.39 is 0 Å². The van der Waals surface area contributed by atoms with Crippen LogP contribution < -0.4 is 16.0 Å². The predicted molar refractivity (Wildman–Crippen MR) is 126 cm³/mol. The SMILES string of the molecule is CC(C)NC(=O)c1ccc(NC(=S)NC(=O)/C=C/c2cccc3ccccc23)cc1. The van der Waals surface area contributed by atoms with Gasteiger partial charge >= 0.3 is 0 Å². The van der Waals surface area contributed by atoms with Crippen molar-refractivity contribution in [2.24, 2.45) is 0 Å². The summed E-state index contributed by atoms with van der Waals surface area (Å²) in [5, 5.41) is 10.8. The Labute approximate surface area is 181 Å². The highest BCUT2D eigenvalue weighted by atomic mass is 32.1. The van der Waals surface area contributed by atoms with Crippen molar-refractivity contribution in [2.75, 3.05) is 5.32 Å². The fourth-order valence-electron chi connectivity index (χ4n) is 2.93. The van der Waals surface area contributed by atoms with Gasteiger partial charge in [0.15, 0.2) is 5.11 Å². The molecule has 0 bridgehead atoms. The summed E-state index contributed by atoms with van der Waals surface area (Å²) in [5.41, 5.74) is 2.19. The summed E-state index contributed by atoms with van der Waals surface area (Å²) < 4.78 is 0. The first-order valence-electron chi connectivity index (χ1n) is 9.61. The van der Waals surface area contributed by atoms with Gasteiger partial charge in [-0.05, 0) is 72.7 Å². The van der Waals surface area contributed by atoms with Crippen LogP contribution in [0.25, 0.3) is 16.8 Å². The Hall–Kier alpha value is -3.51. The summed E-state index contributed by atoms with van der Waals surface area (Å²) in [7, 11) is 0. The number of benzene rings is 3. The second-order valence-electron chi connectivity index (χ2n) is 7.05. The van der Waals surface area contributed by atoms with Gasteiger partial charge in [-0.25, -0.2) is 0 Å². The van der Waals surface area contributed by atoms with Crippen LogP contribution in [0.2, 0.25) is 0 Å². The molecular formula is C24H23N3O2S. The molecule has 3 rings (SSSR count). The van der Waals surface area contributed by atoms with E-state index in [1.807, 2.05) is 56.3 Å².